The standard InChI is InChI=1S/C9H7Cl2NO3/c10-5-1-2-7(11)6(3-5)9(14)15-4-8(12)13/h1-3H,4H2,(H2,12,13). The van der Waals surface area contributed by atoms with Gasteiger partial charge < -0.3 is 10.5 Å². The summed E-state index contributed by atoms with van der Waals surface area (Å²) in [6, 6.07) is 4.35. The number of halogens is 2. The number of ether oxygens (including phenoxy) is 1. The van der Waals surface area contributed by atoms with E-state index in [2.05, 4.69) is 4.74 Å². The van der Waals surface area contributed by atoms with E-state index in [1.807, 2.05) is 0 Å². The number of nitrogens with two attached hydrogens (primary N) is 1. The third-order valence-electron chi connectivity index (χ3n) is 1.49. The predicted molar refractivity (Wildman–Crippen MR) is 55.9 cm³/mol. The van der Waals surface area contributed by atoms with Crippen LogP contribution < -0.4 is 5.73 Å². The maximum atomic E-state index is 11.3. The number of rotatable bonds is 3. The molecule has 0 saturated carbocycles. The van der Waals surface area contributed by atoms with Crippen LogP contribution in [0, 0.1) is 0 Å². The molecule has 0 aliphatic heterocycles. The Kier molecular flexibility index (Phi) is 3.94. The van der Waals surface area contributed by atoms with Crippen molar-refractivity contribution in [3.05, 3.63) is 33.8 Å². The van der Waals surface area contributed by atoms with E-state index in [0.717, 1.165) is 0 Å². The summed E-state index contributed by atoms with van der Waals surface area (Å²) in [5.74, 6) is -1.47. The van der Waals surface area contributed by atoms with Gasteiger partial charge in [-0.3, -0.25) is 4.79 Å². The van der Waals surface area contributed by atoms with Crippen LogP contribution >= 0.6 is 23.2 Å². The highest BCUT2D eigenvalue weighted by molar-refractivity contribution is 6.35. The molecule has 0 aromatic heterocycles. The molecule has 1 amide bonds. The van der Waals surface area contributed by atoms with Crippen LogP contribution in [0.25, 0.3) is 0 Å². The molecule has 2 N–H and O–H groups in total. The third-order valence-corrected chi connectivity index (χ3v) is 2.06. The highest BCUT2D eigenvalue weighted by Gasteiger charge is 2.13. The third kappa shape index (κ3) is 3.42. The van der Waals surface area contributed by atoms with E-state index in [-0.39, 0.29) is 10.6 Å². The molecule has 15 heavy (non-hydrogen) atoms. The quantitative estimate of drug-likeness (QED) is 0.826. The summed E-state index contributed by atoms with van der Waals surface area (Å²) in [5, 5.41) is 0.555. The fourth-order valence-corrected chi connectivity index (χ4v) is 1.24. The van der Waals surface area contributed by atoms with Crippen molar-refractivity contribution < 1.29 is 14.3 Å². The van der Waals surface area contributed by atoms with Crippen LogP contribution in [0.1, 0.15) is 10.4 Å². The average Bonchev–Trinajstić information content (AvgIpc) is 2.18. The van der Waals surface area contributed by atoms with Crippen LogP contribution in [0.15, 0.2) is 18.2 Å². The molecular weight excluding hydrogens is 241 g/mol. The highest BCUT2D eigenvalue weighted by Crippen LogP contribution is 2.21. The molecule has 0 heterocycles. The summed E-state index contributed by atoms with van der Waals surface area (Å²) in [6.07, 6.45) is 0. The summed E-state index contributed by atoms with van der Waals surface area (Å²) >= 11 is 11.4. The zero-order valence-corrected chi connectivity index (χ0v) is 9.01. The van der Waals surface area contributed by atoms with Gasteiger partial charge in [-0.25, -0.2) is 4.79 Å². The first-order chi connectivity index (χ1) is 7.00. The van der Waals surface area contributed by atoms with Gasteiger partial charge in [-0.2, -0.15) is 0 Å². The first-order valence-electron chi connectivity index (χ1n) is 3.91. The van der Waals surface area contributed by atoms with Gasteiger partial charge >= 0.3 is 5.97 Å². The van der Waals surface area contributed by atoms with E-state index in [4.69, 9.17) is 28.9 Å². The maximum absolute atomic E-state index is 11.3. The topological polar surface area (TPSA) is 69.4 Å². The highest BCUT2D eigenvalue weighted by atomic mass is 35.5. The summed E-state index contributed by atoms with van der Waals surface area (Å²) < 4.78 is 4.57. The zero-order chi connectivity index (χ0) is 11.4. The number of amides is 1. The fraction of sp³-hybridized carbons (Fsp3) is 0.111. The summed E-state index contributed by atoms with van der Waals surface area (Å²) in [4.78, 5) is 21.7. The Labute approximate surface area is 95.9 Å². The van der Waals surface area contributed by atoms with Crippen LogP contribution in [-0.4, -0.2) is 18.5 Å². The van der Waals surface area contributed by atoms with Gasteiger partial charge in [-0.15, -0.1) is 0 Å². The summed E-state index contributed by atoms with van der Waals surface area (Å²) in [6.45, 7) is -0.484. The Bertz CT molecular complexity index is 406. The van der Waals surface area contributed by atoms with Crippen molar-refractivity contribution in [2.75, 3.05) is 6.61 Å². The molecule has 0 unspecified atom stereocenters. The van der Waals surface area contributed by atoms with Gasteiger partial charge in [0.25, 0.3) is 5.91 Å². The Morgan fingerprint density at radius 2 is 2.00 bits per heavy atom. The number of benzene rings is 1. The zero-order valence-electron chi connectivity index (χ0n) is 7.50. The number of hydrogen-bond acceptors (Lipinski definition) is 3. The number of primary amides is 1. The average molecular weight is 248 g/mol. The van der Waals surface area contributed by atoms with E-state index >= 15 is 0 Å². The molecule has 0 spiro atoms. The van der Waals surface area contributed by atoms with Gasteiger partial charge in [0.15, 0.2) is 6.61 Å². The molecule has 0 aliphatic rings. The van der Waals surface area contributed by atoms with E-state index < -0.39 is 18.5 Å². The smallest absolute Gasteiger partial charge is 0.340 e. The van der Waals surface area contributed by atoms with Crippen molar-refractivity contribution in [1.29, 1.82) is 0 Å². The van der Waals surface area contributed by atoms with E-state index in [0.29, 0.717) is 5.02 Å². The lowest BCUT2D eigenvalue weighted by molar-refractivity contribution is -0.121. The van der Waals surface area contributed by atoms with Gasteiger partial charge in [0.1, 0.15) is 0 Å². The van der Waals surface area contributed by atoms with Crippen molar-refractivity contribution in [3.63, 3.8) is 0 Å². The molecule has 80 valence electrons. The number of hydrogen-bond donors (Lipinski definition) is 1. The lowest BCUT2D eigenvalue weighted by atomic mass is 10.2. The minimum atomic E-state index is -0.735. The monoisotopic (exact) mass is 247 g/mol. The van der Waals surface area contributed by atoms with Crippen LogP contribution in [0.4, 0.5) is 0 Å². The molecule has 0 bridgehead atoms. The van der Waals surface area contributed by atoms with Gasteiger partial charge in [0.05, 0.1) is 10.6 Å². The Balaban J connectivity index is 2.81. The van der Waals surface area contributed by atoms with Gasteiger partial charge in [0, 0.05) is 5.02 Å². The van der Waals surface area contributed by atoms with Gasteiger partial charge in [0.2, 0.25) is 0 Å². The number of esters is 1. The predicted octanol–water partition coefficient (Wildman–Crippen LogP) is 1.64. The van der Waals surface area contributed by atoms with Crippen LogP contribution in [-0.2, 0) is 9.53 Å². The molecule has 1 aromatic rings. The number of carbonyl (C=O) groups is 2. The van der Waals surface area contributed by atoms with Crippen LogP contribution in [0.3, 0.4) is 0 Å². The van der Waals surface area contributed by atoms with E-state index in [1.54, 1.807) is 0 Å². The first-order valence-corrected chi connectivity index (χ1v) is 4.67. The van der Waals surface area contributed by atoms with Gasteiger partial charge in [-0.1, -0.05) is 23.2 Å². The molecule has 0 saturated heterocycles. The lowest BCUT2D eigenvalue weighted by Gasteiger charge is -2.04. The van der Waals surface area contributed by atoms with E-state index in [9.17, 15) is 9.59 Å². The minimum absolute atomic E-state index is 0.102. The summed E-state index contributed by atoms with van der Waals surface area (Å²) in [5.41, 5.74) is 4.91. The van der Waals surface area contributed by atoms with E-state index in [1.165, 1.54) is 18.2 Å². The Morgan fingerprint density at radius 3 is 2.60 bits per heavy atom. The largest absolute Gasteiger partial charge is 0.452 e. The first kappa shape index (κ1) is 11.8. The van der Waals surface area contributed by atoms with Crippen molar-refractivity contribution in [2.24, 2.45) is 5.73 Å². The Hall–Kier alpha value is -1.26. The van der Waals surface area contributed by atoms with Gasteiger partial charge in [-0.05, 0) is 18.2 Å². The Morgan fingerprint density at radius 1 is 1.33 bits per heavy atom. The molecule has 0 aliphatic carbocycles. The molecule has 6 heteroatoms. The number of carbonyl (C=O) groups excluding carboxylic acids is 2. The van der Waals surface area contributed by atoms with Crippen molar-refractivity contribution >= 4 is 35.1 Å². The van der Waals surface area contributed by atoms with Crippen molar-refractivity contribution in [2.45, 2.75) is 0 Å². The fourth-order valence-electron chi connectivity index (χ4n) is 0.868. The van der Waals surface area contributed by atoms with Crippen molar-refractivity contribution in [3.8, 4) is 0 Å². The summed E-state index contributed by atoms with van der Waals surface area (Å²) in [7, 11) is 0. The molecule has 0 radical (unpaired) electrons. The minimum Gasteiger partial charge on any atom is -0.452 e. The normalized spacial score (nSPS) is 9.73. The molecule has 1 aromatic carbocycles. The molecule has 0 fully saturated rings. The second-order valence-corrected chi connectivity index (χ2v) is 3.51. The molecule has 0 atom stereocenters. The van der Waals surface area contributed by atoms with Crippen molar-refractivity contribution in [1.82, 2.24) is 0 Å². The second-order valence-electron chi connectivity index (χ2n) is 2.67. The maximum Gasteiger partial charge on any atom is 0.340 e. The SMILES string of the molecule is NC(=O)COC(=O)c1cc(Cl)ccc1Cl. The van der Waals surface area contributed by atoms with Crippen LogP contribution in [0.2, 0.25) is 10.0 Å². The van der Waals surface area contributed by atoms with Crippen LogP contribution in [0.5, 0.6) is 0 Å². The lowest BCUT2D eigenvalue weighted by Crippen LogP contribution is -2.21. The molecular formula is C9H7Cl2NO3. The molecule has 1 rings (SSSR count). The molecule has 4 nitrogen and oxygen atoms in total. The second kappa shape index (κ2) is 5.00.